The molecule has 5 rings (SSSR count). The van der Waals surface area contributed by atoms with Crippen molar-refractivity contribution < 1.29 is 24.3 Å². The highest BCUT2D eigenvalue weighted by molar-refractivity contribution is 5.96. The smallest absolute Gasteiger partial charge is 0.328 e. The lowest BCUT2D eigenvalue weighted by molar-refractivity contribution is -0.152. The van der Waals surface area contributed by atoms with Crippen molar-refractivity contribution in [2.45, 2.75) is 90.2 Å². The zero-order chi connectivity index (χ0) is 24.1. The molecule has 4 aliphatic carbocycles. The molecule has 1 saturated heterocycles. The minimum Gasteiger partial charge on any atom is -0.467 e. The molecule has 7 heteroatoms. The Balaban J connectivity index is 1.23. The molecule has 34 heavy (non-hydrogen) atoms. The first-order chi connectivity index (χ1) is 16.3. The average molecular weight is 473 g/mol. The lowest BCUT2D eigenvalue weighted by Crippen LogP contribution is -2.51. The first-order valence-corrected chi connectivity index (χ1v) is 13.2. The predicted molar refractivity (Wildman–Crippen MR) is 128 cm³/mol. The number of ether oxygens (including phenoxy) is 1. The predicted octanol–water partition coefficient (Wildman–Crippen LogP) is 3.85. The molecular formula is C27H40N2O5. The van der Waals surface area contributed by atoms with E-state index in [4.69, 9.17) is 9.57 Å². The monoisotopic (exact) mass is 472 g/mol. The van der Waals surface area contributed by atoms with E-state index in [1.807, 2.05) is 0 Å². The third-order valence-corrected chi connectivity index (χ3v) is 10.3. The van der Waals surface area contributed by atoms with Crippen molar-refractivity contribution in [2.24, 2.45) is 33.7 Å². The van der Waals surface area contributed by atoms with Gasteiger partial charge in [-0.25, -0.2) is 4.79 Å². The standard InChI is InChI=1S/C27H40N2O5/c1-26-12-10-18(28-34-16-24(31)29-14-4-5-22(29)25(32)33-3)15-17(26)6-7-19-20-8-9-23(30)27(20,2)13-11-21(19)26/h15,19-23,30H,4-14,16H2,1-3H3/b28-18-/t19-,20+,21+,22-,23+,26+,27+/m1/s1. The second-order valence-electron chi connectivity index (χ2n) is 11.8. The molecule has 4 fully saturated rings. The number of hydrogen-bond acceptors (Lipinski definition) is 6. The molecule has 3 saturated carbocycles. The number of methoxy groups -OCH3 is 1. The minimum atomic E-state index is -0.500. The molecule has 0 spiro atoms. The summed E-state index contributed by atoms with van der Waals surface area (Å²) < 4.78 is 4.82. The van der Waals surface area contributed by atoms with Gasteiger partial charge in [-0.15, -0.1) is 0 Å². The van der Waals surface area contributed by atoms with Gasteiger partial charge in [-0.1, -0.05) is 24.6 Å². The molecule has 0 aromatic rings. The van der Waals surface area contributed by atoms with E-state index in [9.17, 15) is 14.7 Å². The molecule has 1 amide bonds. The van der Waals surface area contributed by atoms with E-state index in [1.165, 1.54) is 31.9 Å². The number of hydrogen-bond donors (Lipinski definition) is 1. The number of aliphatic hydroxyl groups is 1. The van der Waals surface area contributed by atoms with Gasteiger partial charge in [0.1, 0.15) is 6.04 Å². The number of oxime groups is 1. The van der Waals surface area contributed by atoms with Crippen LogP contribution in [-0.4, -0.2) is 60.0 Å². The van der Waals surface area contributed by atoms with E-state index in [1.54, 1.807) is 4.90 Å². The molecule has 1 aliphatic heterocycles. The molecule has 7 nitrogen and oxygen atoms in total. The van der Waals surface area contributed by atoms with Crippen molar-refractivity contribution in [1.82, 2.24) is 4.90 Å². The van der Waals surface area contributed by atoms with Gasteiger partial charge in [0.05, 0.1) is 18.9 Å². The molecule has 1 N–H and O–H groups in total. The van der Waals surface area contributed by atoms with Gasteiger partial charge in [-0.2, -0.15) is 0 Å². The number of carbonyl (C=O) groups excluding carboxylic acids is 2. The zero-order valence-electron chi connectivity index (χ0n) is 20.9. The maximum Gasteiger partial charge on any atom is 0.328 e. The number of fused-ring (bicyclic) bond motifs is 5. The van der Waals surface area contributed by atoms with Crippen LogP contribution in [0.4, 0.5) is 0 Å². The van der Waals surface area contributed by atoms with Crippen LogP contribution in [0.5, 0.6) is 0 Å². The van der Waals surface area contributed by atoms with Gasteiger partial charge in [-0.3, -0.25) is 4.79 Å². The number of amides is 1. The topological polar surface area (TPSA) is 88.4 Å². The number of allylic oxidation sites excluding steroid dienone is 2. The van der Waals surface area contributed by atoms with Crippen LogP contribution < -0.4 is 0 Å². The third-order valence-electron chi connectivity index (χ3n) is 10.3. The lowest BCUT2D eigenvalue weighted by Gasteiger charge is -2.57. The molecule has 7 atom stereocenters. The Hall–Kier alpha value is -1.89. The van der Waals surface area contributed by atoms with Crippen LogP contribution >= 0.6 is 0 Å². The molecular weight excluding hydrogens is 432 g/mol. The van der Waals surface area contributed by atoms with Crippen molar-refractivity contribution in [3.8, 4) is 0 Å². The summed E-state index contributed by atoms with van der Waals surface area (Å²) in [5, 5.41) is 15.0. The van der Waals surface area contributed by atoms with Gasteiger partial charge >= 0.3 is 5.97 Å². The molecule has 0 radical (unpaired) electrons. The molecule has 0 bridgehead atoms. The van der Waals surface area contributed by atoms with E-state index in [2.05, 4.69) is 25.1 Å². The van der Waals surface area contributed by atoms with Crippen molar-refractivity contribution in [2.75, 3.05) is 20.3 Å². The molecule has 1 heterocycles. The second kappa shape index (κ2) is 8.96. The van der Waals surface area contributed by atoms with Crippen LogP contribution in [0.1, 0.15) is 78.1 Å². The van der Waals surface area contributed by atoms with Gasteiger partial charge in [0, 0.05) is 6.54 Å². The highest BCUT2D eigenvalue weighted by atomic mass is 16.6. The number of likely N-dealkylation sites (tertiary alicyclic amines) is 1. The molecule has 5 aliphatic rings. The minimum absolute atomic E-state index is 0.114. The number of rotatable bonds is 4. The highest BCUT2D eigenvalue weighted by Crippen LogP contribution is 2.65. The summed E-state index contributed by atoms with van der Waals surface area (Å²) in [6, 6.07) is -0.500. The van der Waals surface area contributed by atoms with E-state index in [-0.39, 0.29) is 35.4 Å². The SMILES string of the molecule is COC(=O)[C@H]1CCCN1C(=O)CO/N=C1\C=C2CC[C@@H]3[C@@H]4CC[C@H](O)[C@@]4(C)CC[C@@H]3[C@@]2(C)CC1. The van der Waals surface area contributed by atoms with Gasteiger partial charge in [0.15, 0.2) is 6.61 Å². The molecule has 0 aromatic carbocycles. The van der Waals surface area contributed by atoms with Crippen LogP contribution in [0.3, 0.4) is 0 Å². The van der Waals surface area contributed by atoms with Crippen LogP contribution in [-0.2, 0) is 19.2 Å². The van der Waals surface area contributed by atoms with Gasteiger partial charge in [0.2, 0.25) is 0 Å². The molecule has 0 unspecified atom stereocenters. The Morgan fingerprint density at radius 3 is 2.74 bits per heavy atom. The van der Waals surface area contributed by atoms with Crippen LogP contribution in [0.15, 0.2) is 16.8 Å². The fourth-order valence-corrected chi connectivity index (χ4v) is 8.32. The third kappa shape index (κ3) is 3.78. The van der Waals surface area contributed by atoms with E-state index in [0.29, 0.717) is 30.7 Å². The number of nitrogens with zero attached hydrogens (tertiary/aromatic N) is 2. The van der Waals surface area contributed by atoms with E-state index < -0.39 is 6.04 Å². The molecule has 0 aromatic heterocycles. The van der Waals surface area contributed by atoms with Crippen molar-refractivity contribution in [3.05, 3.63) is 11.6 Å². The Bertz CT molecular complexity index is 899. The number of esters is 1. The summed E-state index contributed by atoms with van der Waals surface area (Å²) in [7, 11) is 1.35. The summed E-state index contributed by atoms with van der Waals surface area (Å²) in [4.78, 5) is 31.5. The summed E-state index contributed by atoms with van der Waals surface area (Å²) in [6.45, 7) is 5.19. The van der Waals surface area contributed by atoms with Crippen molar-refractivity contribution in [1.29, 1.82) is 0 Å². The van der Waals surface area contributed by atoms with Crippen LogP contribution in [0.2, 0.25) is 0 Å². The zero-order valence-corrected chi connectivity index (χ0v) is 20.9. The summed E-state index contributed by atoms with van der Waals surface area (Å²) >= 11 is 0. The largest absolute Gasteiger partial charge is 0.467 e. The van der Waals surface area contributed by atoms with Crippen molar-refractivity contribution in [3.63, 3.8) is 0 Å². The Morgan fingerprint density at radius 1 is 1.12 bits per heavy atom. The van der Waals surface area contributed by atoms with Crippen LogP contribution in [0.25, 0.3) is 0 Å². The summed E-state index contributed by atoms with van der Waals surface area (Å²) in [5.41, 5.74) is 2.72. The Kier molecular flexibility index (Phi) is 6.28. The molecule has 188 valence electrons. The maximum absolute atomic E-state index is 12.6. The quantitative estimate of drug-likeness (QED) is 0.496. The normalized spacial score (nSPS) is 42.5. The first kappa shape index (κ1) is 23.8. The van der Waals surface area contributed by atoms with Gasteiger partial charge in [0.25, 0.3) is 5.91 Å². The van der Waals surface area contributed by atoms with Crippen LogP contribution in [0, 0.1) is 28.6 Å². The first-order valence-electron chi connectivity index (χ1n) is 13.2. The maximum atomic E-state index is 12.6. The van der Waals surface area contributed by atoms with E-state index >= 15 is 0 Å². The Morgan fingerprint density at radius 2 is 1.94 bits per heavy atom. The summed E-state index contributed by atoms with van der Waals surface area (Å²) in [5.74, 6) is 1.48. The number of aliphatic hydroxyl groups excluding tert-OH is 1. The van der Waals surface area contributed by atoms with Crippen molar-refractivity contribution >= 4 is 17.6 Å². The van der Waals surface area contributed by atoms with Gasteiger partial charge < -0.3 is 19.6 Å². The Labute approximate surface area is 202 Å². The van der Waals surface area contributed by atoms with E-state index in [0.717, 1.165) is 44.2 Å². The fourth-order valence-electron chi connectivity index (χ4n) is 8.32. The summed E-state index contributed by atoms with van der Waals surface area (Å²) in [6.07, 6.45) is 12.2. The second-order valence-corrected chi connectivity index (χ2v) is 11.8. The number of carbonyl (C=O) groups is 2. The average Bonchev–Trinajstić information content (AvgIpc) is 3.43. The lowest BCUT2D eigenvalue weighted by atomic mass is 9.47. The fraction of sp³-hybridized carbons (Fsp3) is 0.815. The highest BCUT2D eigenvalue weighted by Gasteiger charge is 2.58. The van der Waals surface area contributed by atoms with Gasteiger partial charge in [-0.05, 0) is 98.9 Å².